The number of alkyl halides is 3. The molecule has 0 aliphatic heterocycles. The first-order valence-electron chi connectivity index (χ1n) is 7.60. The minimum atomic E-state index is -4.41. The molecular formula is C18H13F3N2O3S. The molecule has 0 radical (unpaired) electrons. The van der Waals surface area contributed by atoms with Crippen molar-refractivity contribution in [3.8, 4) is 11.1 Å². The molecule has 0 bridgehead atoms. The van der Waals surface area contributed by atoms with E-state index in [-0.39, 0.29) is 5.56 Å². The first-order chi connectivity index (χ1) is 12.5. The predicted octanol–water partition coefficient (Wildman–Crippen LogP) is 3.46. The Morgan fingerprint density at radius 1 is 0.963 bits per heavy atom. The number of hydrogen-bond acceptors (Lipinski definition) is 3. The summed E-state index contributed by atoms with van der Waals surface area (Å²) in [4.78, 5) is 11.9. The largest absolute Gasteiger partial charge is 0.416 e. The third-order valence-corrected chi connectivity index (χ3v) is 4.37. The second-order valence-electron chi connectivity index (χ2n) is 5.79. The molecule has 0 aliphatic carbocycles. The van der Waals surface area contributed by atoms with Gasteiger partial charge in [0.05, 0.1) is 5.56 Å². The van der Waals surface area contributed by atoms with Crippen molar-refractivity contribution in [2.45, 2.75) is 6.18 Å². The molecule has 0 unspecified atom stereocenters. The maximum atomic E-state index is 12.7. The molecule has 0 aliphatic rings. The van der Waals surface area contributed by atoms with Crippen LogP contribution in [-0.2, 0) is 16.4 Å². The molecule has 0 heterocycles. The number of hydrogen-bond donors (Lipinski definition) is 2. The van der Waals surface area contributed by atoms with Gasteiger partial charge in [-0.3, -0.25) is 4.79 Å². The average Bonchev–Trinajstić information content (AvgIpc) is 2.58. The summed E-state index contributed by atoms with van der Waals surface area (Å²) >= 11 is 0. The van der Waals surface area contributed by atoms with Crippen LogP contribution in [-0.4, -0.2) is 14.3 Å². The highest BCUT2D eigenvalue weighted by Gasteiger charge is 2.30. The Morgan fingerprint density at radius 2 is 1.63 bits per heavy atom. The van der Waals surface area contributed by atoms with Gasteiger partial charge in [-0.2, -0.15) is 21.6 Å². The van der Waals surface area contributed by atoms with E-state index in [0.717, 1.165) is 12.1 Å². The zero-order valence-electron chi connectivity index (χ0n) is 13.6. The minimum Gasteiger partial charge on any atom is -0.268 e. The van der Waals surface area contributed by atoms with E-state index in [1.54, 1.807) is 29.0 Å². The standard InChI is InChI=1S/C18H13F3N2O3S/c19-18(20,21)14-7-4-11(5-8-14)15-3-1-2-12-10-13(6-9-16(12)15)17(24)23-27(22,25)26/h1-10H,(H,23,24)(H2,22,25,26). The smallest absolute Gasteiger partial charge is 0.268 e. The molecule has 3 aromatic carbocycles. The fourth-order valence-electron chi connectivity index (χ4n) is 2.70. The van der Waals surface area contributed by atoms with Gasteiger partial charge < -0.3 is 0 Å². The van der Waals surface area contributed by atoms with E-state index in [9.17, 15) is 26.4 Å². The van der Waals surface area contributed by atoms with Crippen molar-refractivity contribution < 1.29 is 26.4 Å². The number of halogens is 3. The molecule has 3 N–H and O–H groups in total. The van der Waals surface area contributed by atoms with Crippen LogP contribution in [0.2, 0.25) is 0 Å². The van der Waals surface area contributed by atoms with Crippen molar-refractivity contribution in [1.82, 2.24) is 4.72 Å². The van der Waals surface area contributed by atoms with Crippen molar-refractivity contribution in [2.24, 2.45) is 5.14 Å². The molecular weight excluding hydrogens is 381 g/mol. The summed E-state index contributed by atoms with van der Waals surface area (Å²) in [6, 6.07) is 14.4. The topological polar surface area (TPSA) is 89.3 Å². The first kappa shape index (κ1) is 18.9. The van der Waals surface area contributed by atoms with Gasteiger partial charge in [-0.25, -0.2) is 9.86 Å². The monoisotopic (exact) mass is 394 g/mol. The highest BCUT2D eigenvalue weighted by molar-refractivity contribution is 7.87. The van der Waals surface area contributed by atoms with E-state index in [4.69, 9.17) is 5.14 Å². The van der Waals surface area contributed by atoms with Crippen molar-refractivity contribution in [3.05, 3.63) is 71.8 Å². The molecule has 0 saturated heterocycles. The summed E-state index contributed by atoms with van der Waals surface area (Å²) in [5, 5.41) is 6.11. The molecule has 3 rings (SSSR count). The van der Waals surface area contributed by atoms with Crippen LogP contribution in [0.4, 0.5) is 13.2 Å². The summed E-state index contributed by atoms with van der Waals surface area (Å²) in [5.74, 6) is -0.876. The normalized spacial score (nSPS) is 12.1. The lowest BCUT2D eigenvalue weighted by Crippen LogP contribution is -2.35. The van der Waals surface area contributed by atoms with Gasteiger partial charge in [0.15, 0.2) is 0 Å². The van der Waals surface area contributed by atoms with Crippen molar-refractivity contribution in [3.63, 3.8) is 0 Å². The van der Waals surface area contributed by atoms with Crippen LogP contribution in [0.25, 0.3) is 21.9 Å². The van der Waals surface area contributed by atoms with Gasteiger partial charge in [0.25, 0.3) is 16.1 Å². The lowest BCUT2D eigenvalue weighted by Gasteiger charge is -2.11. The fraction of sp³-hybridized carbons (Fsp3) is 0.0556. The third-order valence-electron chi connectivity index (χ3n) is 3.90. The van der Waals surface area contributed by atoms with Crippen LogP contribution in [0.3, 0.4) is 0 Å². The zero-order chi connectivity index (χ0) is 19.8. The Labute approximate surface area is 152 Å². The molecule has 27 heavy (non-hydrogen) atoms. The quantitative estimate of drug-likeness (QED) is 0.713. The molecule has 0 atom stereocenters. The van der Waals surface area contributed by atoms with Gasteiger partial charge >= 0.3 is 6.18 Å². The van der Waals surface area contributed by atoms with Crippen molar-refractivity contribution in [2.75, 3.05) is 0 Å². The number of carbonyl (C=O) groups excluding carboxylic acids is 1. The highest BCUT2D eigenvalue weighted by Crippen LogP contribution is 2.33. The molecule has 1 amide bonds. The van der Waals surface area contributed by atoms with Crippen molar-refractivity contribution in [1.29, 1.82) is 0 Å². The summed E-state index contributed by atoms with van der Waals surface area (Å²) in [6.45, 7) is 0. The van der Waals surface area contributed by atoms with E-state index >= 15 is 0 Å². The second-order valence-corrected chi connectivity index (χ2v) is 7.09. The Kier molecular flexibility index (Phi) is 4.66. The van der Waals surface area contributed by atoms with Gasteiger partial charge in [0, 0.05) is 5.56 Å². The van der Waals surface area contributed by atoms with Gasteiger partial charge in [0.2, 0.25) is 0 Å². The Balaban J connectivity index is 2.02. The molecule has 0 aromatic heterocycles. The van der Waals surface area contributed by atoms with E-state index in [2.05, 4.69) is 0 Å². The number of nitrogens with two attached hydrogens (primary N) is 1. The van der Waals surface area contributed by atoms with Crippen LogP contribution in [0.5, 0.6) is 0 Å². The summed E-state index contributed by atoms with van der Waals surface area (Å²) in [7, 11) is -4.18. The number of carbonyl (C=O) groups is 1. The zero-order valence-corrected chi connectivity index (χ0v) is 14.4. The summed E-state index contributed by atoms with van der Waals surface area (Å²) in [6.07, 6.45) is -4.41. The van der Waals surface area contributed by atoms with Crippen LogP contribution in [0, 0.1) is 0 Å². The summed E-state index contributed by atoms with van der Waals surface area (Å²) < 4.78 is 61.8. The molecule has 140 valence electrons. The lowest BCUT2D eigenvalue weighted by atomic mass is 9.96. The van der Waals surface area contributed by atoms with Gasteiger partial charge in [-0.1, -0.05) is 36.4 Å². The second kappa shape index (κ2) is 6.67. The molecule has 0 spiro atoms. The molecule has 0 saturated carbocycles. The van der Waals surface area contributed by atoms with E-state index in [0.29, 0.717) is 21.9 Å². The third kappa shape index (κ3) is 4.26. The number of benzene rings is 3. The minimum absolute atomic E-state index is 0.0843. The van der Waals surface area contributed by atoms with Crippen LogP contribution < -0.4 is 9.86 Å². The number of nitrogens with one attached hydrogen (secondary N) is 1. The maximum Gasteiger partial charge on any atom is 0.416 e. The number of rotatable bonds is 3. The Hall–Kier alpha value is -2.91. The highest BCUT2D eigenvalue weighted by atomic mass is 32.2. The fourth-order valence-corrected chi connectivity index (χ4v) is 3.08. The van der Waals surface area contributed by atoms with E-state index in [1.807, 2.05) is 0 Å². The number of amides is 1. The molecule has 0 fully saturated rings. The Morgan fingerprint density at radius 3 is 2.22 bits per heavy atom. The van der Waals surface area contributed by atoms with Crippen molar-refractivity contribution >= 4 is 26.9 Å². The van der Waals surface area contributed by atoms with Gasteiger partial charge in [-0.05, 0) is 46.2 Å². The van der Waals surface area contributed by atoms with E-state index < -0.39 is 27.9 Å². The maximum absolute atomic E-state index is 12.7. The average molecular weight is 394 g/mol. The number of fused-ring (bicyclic) bond motifs is 1. The molecule has 3 aromatic rings. The summed E-state index contributed by atoms with van der Waals surface area (Å²) in [5.41, 5.74) is 0.601. The van der Waals surface area contributed by atoms with Gasteiger partial charge in [0.1, 0.15) is 0 Å². The first-order valence-corrected chi connectivity index (χ1v) is 9.14. The molecule has 9 heteroatoms. The predicted molar refractivity (Wildman–Crippen MR) is 95.0 cm³/mol. The molecule has 5 nitrogen and oxygen atoms in total. The SMILES string of the molecule is NS(=O)(=O)NC(=O)c1ccc2c(-c3ccc(C(F)(F)F)cc3)cccc2c1. The van der Waals surface area contributed by atoms with Gasteiger partial charge in [-0.15, -0.1) is 0 Å². The van der Waals surface area contributed by atoms with Crippen LogP contribution in [0.15, 0.2) is 60.7 Å². The lowest BCUT2D eigenvalue weighted by molar-refractivity contribution is -0.137. The van der Waals surface area contributed by atoms with Crippen LogP contribution in [0.1, 0.15) is 15.9 Å². The van der Waals surface area contributed by atoms with Crippen LogP contribution >= 0.6 is 0 Å². The van der Waals surface area contributed by atoms with E-state index in [1.165, 1.54) is 24.3 Å². The Bertz CT molecular complexity index is 1120.